The van der Waals surface area contributed by atoms with E-state index in [2.05, 4.69) is 10.3 Å². The van der Waals surface area contributed by atoms with E-state index in [-0.39, 0.29) is 29.8 Å². The predicted molar refractivity (Wildman–Crippen MR) is 102 cm³/mol. The van der Waals surface area contributed by atoms with Crippen molar-refractivity contribution in [1.82, 2.24) is 15.2 Å². The van der Waals surface area contributed by atoms with E-state index in [4.69, 9.17) is 0 Å². The Morgan fingerprint density at radius 2 is 1.70 bits per heavy atom. The largest absolute Gasteiger partial charge is 0.347 e. The minimum Gasteiger partial charge on any atom is -0.347 e. The van der Waals surface area contributed by atoms with Gasteiger partial charge < -0.3 is 10.2 Å². The zero-order chi connectivity index (χ0) is 18.4. The third-order valence-corrected chi connectivity index (χ3v) is 7.58. The molecule has 0 spiro atoms. The maximum atomic E-state index is 13.1. The highest BCUT2D eigenvalue weighted by Gasteiger charge is 2.54. The molecule has 5 nitrogen and oxygen atoms in total. The van der Waals surface area contributed by atoms with Crippen molar-refractivity contribution in [3.8, 4) is 0 Å². The van der Waals surface area contributed by atoms with E-state index < -0.39 is 0 Å². The van der Waals surface area contributed by atoms with Crippen LogP contribution in [0.4, 0.5) is 0 Å². The molecule has 4 saturated carbocycles. The number of hydrogen-bond acceptors (Lipinski definition) is 3. The molecule has 1 unspecified atom stereocenters. The molecule has 0 aromatic carbocycles. The van der Waals surface area contributed by atoms with E-state index >= 15 is 0 Å². The summed E-state index contributed by atoms with van der Waals surface area (Å²) < 4.78 is 0. The topological polar surface area (TPSA) is 62.3 Å². The fourth-order valence-electron chi connectivity index (χ4n) is 6.83. The maximum Gasteiger partial charge on any atom is 0.242 e. The van der Waals surface area contributed by atoms with Crippen LogP contribution in [-0.2, 0) is 9.59 Å². The van der Waals surface area contributed by atoms with Gasteiger partial charge in [0.2, 0.25) is 11.8 Å². The summed E-state index contributed by atoms with van der Waals surface area (Å²) in [6, 6.07) is 4.10. The highest BCUT2D eigenvalue weighted by molar-refractivity contribution is 5.88. The predicted octanol–water partition coefficient (Wildman–Crippen LogP) is 3.08. The number of nitrogens with one attached hydrogen (secondary N) is 1. The number of likely N-dealkylation sites (tertiary alicyclic amines) is 1. The molecule has 27 heavy (non-hydrogen) atoms. The second-order valence-electron chi connectivity index (χ2n) is 9.41. The number of aromatic nitrogens is 1. The van der Waals surface area contributed by atoms with Crippen LogP contribution in [-0.4, -0.2) is 34.8 Å². The molecule has 2 amide bonds. The van der Waals surface area contributed by atoms with Crippen molar-refractivity contribution in [2.75, 3.05) is 13.1 Å². The van der Waals surface area contributed by atoms with Gasteiger partial charge in [0.1, 0.15) is 0 Å². The highest BCUT2D eigenvalue weighted by Crippen LogP contribution is 2.60. The monoisotopic (exact) mass is 367 g/mol. The standard InChI is InChI=1S/C22H29N3O2/c26-20(25-7-1-2-19(25)18-3-5-23-6-4-18)14-24-21(27)22-11-15-8-16(12-22)10-17(9-15)13-22/h3-6,15-17,19H,1-2,7-14H2,(H,24,27). The third kappa shape index (κ3) is 3.05. The van der Waals surface area contributed by atoms with Crippen LogP contribution in [0.2, 0.25) is 0 Å². The van der Waals surface area contributed by atoms with Crippen LogP contribution in [0, 0.1) is 23.2 Å². The first kappa shape index (κ1) is 17.2. The van der Waals surface area contributed by atoms with Gasteiger partial charge in [-0.1, -0.05) is 0 Å². The quantitative estimate of drug-likeness (QED) is 0.890. The van der Waals surface area contributed by atoms with Gasteiger partial charge >= 0.3 is 0 Å². The number of nitrogens with zero attached hydrogens (tertiary/aromatic N) is 2. The van der Waals surface area contributed by atoms with Crippen LogP contribution in [0.15, 0.2) is 24.5 Å². The lowest BCUT2D eigenvalue weighted by Crippen LogP contribution is -2.54. The van der Waals surface area contributed by atoms with Crippen molar-refractivity contribution < 1.29 is 9.59 Å². The molecule has 1 aliphatic heterocycles. The number of pyridine rings is 1. The maximum absolute atomic E-state index is 13.1. The van der Waals surface area contributed by atoms with Crippen molar-refractivity contribution in [3.05, 3.63) is 30.1 Å². The highest BCUT2D eigenvalue weighted by atomic mass is 16.2. The van der Waals surface area contributed by atoms with Gasteiger partial charge in [0, 0.05) is 24.4 Å². The van der Waals surface area contributed by atoms with Gasteiger partial charge in [0.25, 0.3) is 0 Å². The van der Waals surface area contributed by atoms with E-state index in [1.165, 1.54) is 19.3 Å². The smallest absolute Gasteiger partial charge is 0.242 e. The molecule has 4 aliphatic carbocycles. The van der Waals surface area contributed by atoms with Gasteiger partial charge in [-0.05, 0) is 86.8 Å². The van der Waals surface area contributed by atoms with Crippen LogP contribution in [0.25, 0.3) is 0 Å². The lowest BCUT2D eigenvalue weighted by atomic mass is 9.49. The van der Waals surface area contributed by atoms with Crippen molar-refractivity contribution in [1.29, 1.82) is 0 Å². The fourth-order valence-corrected chi connectivity index (χ4v) is 6.83. The second-order valence-corrected chi connectivity index (χ2v) is 9.41. The van der Waals surface area contributed by atoms with E-state index in [1.807, 2.05) is 17.0 Å². The van der Waals surface area contributed by atoms with Crippen LogP contribution in [0.5, 0.6) is 0 Å². The normalized spacial score (nSPS) is 36.8. The molecule has 144 valence electrons. The van der Waals surface area contributed by atoms with Gasteiger partial charge in [-0.3, -0.25) is 14.6 Å². The van der Waals surface area contributed by atoms with Gasteiger partial charge in [-0.15, -0.1) is 0 Å². The number of amides is 2. The number of carbonyl (C=O) groups excluding carboxylic acids is 2. The summed E-state index contributed by atoms with van der Waals surface area (Å²) in [5.41, 5.74) is 0.966. The zero-order valence-corrected chi connectivity index (χ0v) is 15.9. The number of hydrogen-bond donors (Lipinski definition) is 1. The minimum atomic E-state index is -0.176. The van der Waals surface area contributed by atoms with E-state index in [0.29, 0.717) is 0 Å². The summed E-state index contributed by atoms with van der Waals surface area (Å²) in [6.07, 6.45) is 12.7. The Morgan fingerprint density at radius 3 is 2.33 bits per heavy atom. The second kappa shape index (κ2) is 6.61. The van der Waals surface area contributed by atoms with Crippen molar-refractivity contribution in [2.24, 2.45) is 23.2 Å². The Hall–Kier alpha value is -1.91. The van der Waals surface area contributed by atoms with E-state index in [0.717, 1.165) is 62.0 Å². The minimum absolute atomic E-state index is 0.0485. The molecule has 1 aromatic rings. The first-order valence-corrected chi connectivity index (χ1v) is 10.6. The average Bonchev–Trinajstić information content (AvgIpc) is 3.15. The first-order chi connectivity index (χ1) is 13.1. The molecule has 1 N–H and O–H groups in total. The Balaban J connectivity index is 1.22. The van der Waals surface area contributed by atoms with E-state index in [1.54, 1.807) is 12.4 Å². The lowest BCUT2D eigenvalue weighted by molar-refractivity contribution is -0.148. The molecule has 4 bridgehead atoms. The number of carbonyl (C=O) groups is 2. The third-order valence-electron chi connectivity index (χ3n) is 7.58. The molecule has 1 saturated heterocycles. The molecule has 2 heterocycles. The first-order valence-electron chi connectivity index (χ1n) is 10.6. The van der Waals surface area contributed by atoms with E-state index in [9.17, 15) is 9.59 Å². The SMILES string of the molecule is O=C(CNC(=O)C12CC3CC(CC(C3)C1)C2)N1CCCC1c1ccncc1. The van der Waals surface area contributed by atoms with Crippen molar-refractivity contribution >= 4 is 11.8 Å². The summed E-state index contributed by atoms with van der Waals surface area (Å²) in [4.78, 5) is 31.9. The lowest BCUT2D eigenvalue weighted by Gasteiger charge is -2.55. The Kier molecular flexibility index (Phi) is 4.21. The molecular formula is C22H29N3O2. The zero-order valence-electron chi connectivity index (χ0n) is 15.9. The van der Waals surface area contributed by atoms with Gasteiger partial charge in [0.15, 0.2) is 0 Å². The molecule has 5 aliphatic rings. The molecular weight excluding hydrogens is 338 g/mol. The summed E-state index contributed by atoms with van der Waals surface area (Å²) in [5.74, 6) is 2.43. The summed E-state index contributed by atoms with van der Waals surface area (Å²) in [5, 5.41) is 3.05. The van der Waals surface area contributed by atoms with Gasteiger partial charge in [-0.2, -0.15) is 0 Å². The fraction of sp³-hybridized carbons (Fsp3) is 0.682. The van der Waals surface area contributed by atoms with Crippen LogP contribution in [0.1, 0.15) is 63.0 Å². The van der Waals surface area contributed by atoms with Crippen molar-refractivity contribution in [2.45, 2.75) is 57.4 Å². The number of rotatable bonds is 4. The van der Waals surface area contributed by atoms with Crippen molar-refractivity contribution in [3.63, 3.8) is 0 Å². The van der Waals surface area contributed by atoms with Crippen LogP contribution >= 0.6 is 0 Å². The molecule has 0 radical (unpaired) electrons. The molecule has 5 fully saturated rings. The average molecular weight is 367 g/mol. The molecule has 1 aromatic heterocycles. The van der Waals surface area contributed by atoms with Crippen LogP contribution in [0.3, 0.4) is 0 Å². The summed E-state index contributed by atoms with van der Waals surface area (Å²) in [7, 11) is 0. The Bertz CT molecular complexity index is 697. The Morgan fingerprint density at radius 1 is 1.07 bits per heavy atom. The molecule has 1 atom stereocenters. The summed E-state index contributed by atoms with van der Waals surface area (Å²) in [6.45, 7) is 0.918. The molecule has 5 heteroatoms. The Labute approximate surface area is 160 Å². The van der Waals surface area contributed by atoms with Crippen LogP contribution < -0.4 is 5.32 Å². The van der Waals surface area contributed by atoms with Gasteiger partial charge in [0.05, 0.1) is 12.6 Å². The molecule has 6 rings (SSSR count). The van der Waals surface area contributed by atoms with Gasteiger partial charge in [-0.25, -0.2) is 0 Å². The summed E-state index contributed by atoms with van der Waals surface area (Å²) >= 11 is 0.